The van der Waals surface area contributed by atoms with Crippen molar-refractivity contribution in [2.24, 2.45) is 0 Å². The third-order valence-electron chi connectivity index (χ3n) is 7.26. The minimum Gasteiger partial charge on any atom is -0.693 e. The minimum atomic E-state index is 0. The Hall–Kier alpha value is -4.72. The van der Waals surface area contributed by atoms with Gasteiger partial charge in [-0.3, -0.25) is 0 Å². The number of aromatic hydroxyl groups is 2. The van der Waals surface area contributed by atoms with Gasteiger partial charge in [-0.2, -0.15) is 0 Å². The number of nitrogens with two attached hydrogens (primary N) is 1. The van der Waals surface area contributed by atoms with E-state index in [0.717, 1.165) is 63.8 Å². The molecule has 0 aliphatic carbocycles. The number of thiazole rings is 2. The van der Waals surface area contributed by atoms with Crippen LogP contribution in [0.5, 0.6) is 11.5 Å². The van der Waals surface area contributed by atoms with Crippen LogP contribution >= 0.6 is 22.7 Å². The summed E-state index contributed by atoms with van der Waals surface area (Å²) in [5.74, 6) is 0.525. The molecule has 46 heavy (non-hydrogen) atoms. The average Bonchev–Trinajstić information content (AvgIpc) is 3.71. The summed E-state index contributed by atoms with van der Waals surface area (Å²) >= 11 is 3.19. The maximum Gasteiger partial charge on any atom is 0.128 e. The van der Waals surface area contributed by atoms with Gasteiger partial charge in [0.25, 0.3) is 0 Å². The summed E-state index contributed by atoms with van der Waals surface area (Å²) < 4.78 is 2.25. The summed E-state index contributed by atoms with van der Waals surface area (Å²) in [6.45, 7) is 0. The van der Waals surface area contributed by atoms with Crippen molar-refractivity contribution in [1.29, 1.82) is 0 Å². The number of phenols is 2. The van der Waals surface area contributed by atoms with Gasteiger partial charge in [-0.05, 0) is 70.8 Å². The molecule has 4 N–H and O–H groups in total. The van der Waals surface area contributed by atoms with Crippen molar-refractivity contribution in [1.82, 2.24) is 9.97 Å². The number of para-hydroxylation sites is 2. The first-order valence-electron chi connectivity index (χ1n) is 14.1. The van der Waals surface area contributed by atoms with Gasteiger partial charge in [-0.15, -0.1) is 22.7 Å². The van der Waals surface area contributed by atoms with Crippen LogP contribution in [0.4, 0.5) is 0 Å². The molecule has 0 amide bonds. The Labute approximate surface area is 287 Å². The van der Waals surface area contributed by atoms with Crippen LogP contribution in [-0.4, -0.2) is 20.2 Å². The van der Waals surface area contributed by atoms with E-state index in [9.17, 15) is 10.2 Å². The molecule has 0 radical (unpaired) electrons. The second-order valence-corrected chi connectivity index (χ2v) is 12.2. The van der Waals surface area contributed by atoms with Crippen molar-refractivity contribution in [3.63, 3.8) is 0 Å². The van der Waals surface area contributed by atoms with Crippen LogP contribution in [0.3, 0.4) is 0 Å². The molecule has 0 saturated carbocycles. The Balaban J connectivity index is 0.000000174. The molecule has 0 bridgehead atoms. The maximum absolute atomic E-state index is 10.2. The fourth-order valence-corrected chi connectivity index (χ4v) is 6.99. The minimum absolute atomic E-state index is 0. The second-order valence-electron chi connectivity index (χ2n) is 10.2. The molecule has 0 aliphatic heterocycles. The zero-order valence-corrected chi connectivity index (χ0v) is 29.3. The molecule has 8 aromatic rings. The smallest absolute Gasteiger partial charge is 0.128 e. The first-order valence-corrected chi connectivity index (χ1v) is 15.7. The van der Waals surface area contributed by atoms with Crippen LogP contribution in [0.25, 0.3) is 70.0 Å². The predicted molar refractivity (Wildman–Crippen MR) is 190 cm³/mol. The topological polar surface area (TPSA) is 99.7 Å². The molecule has 0 fully saturated rings. The molecular formula is C38H28N3O2S2Zn-. The van der Waals surface area contributed by atoms with Crippen LogP contribution in [0.2, 0.25) is 0 Å². The van der Waals surface area contributed by atoms with Gasteiger partial charge in [0.2, 0.25) is 0 Å². The summed E-state index contributed by atoms with van der Waals surface area (Å²) in [7, 11) is 0. The van der Waals surface area contributed by atoms with E-state index in [-0.39, 0.29) is 37.1 Å². The zero-order valence-electron chi connectivity index (χ0n) is 24.7. The third kappa shape index (κ3) is 6.91. The number of fused-ring (bicyclic) bond motifs is 2. The Bertz CT molecular complexity index is 1990. The van der Waals surface area contributed by atoms with Crippen molar-refractivity contribution in [3.05, 3.63) is 152 Å². The summed E-state index contributed by atoms with van der Waals surface area (Å²) in [5, 5.41) is 22.1. The van der Waals surface area contributed by atoms with Crippen LogP contribution in [0, 0.1) is 0 Å². The fourth-order valence-electron chi connectivity index (χ4n) is 5.01. The van der Waals surface area contributed by atoms with E-state index in [0.29, 0.717) is 0 Å². The molecular weight excluding hydrogens is 660 g/mol. The number of rotatable bonds is 4. The predicted octanol–water partition coefficient (Wildman–Crippen LogP) is 11.4. The van der Waals surface area contributed by atoms with Crippen LogP contribution in [0.1, 0.15) is 0 Å². The van der Waals surface area contributed by atoms with E-state index >= 15 is 0 Å². The molecule has 8 rings (SSSR count). The van der Waals surface area contributed by atoms with E-state index in [1.165, 1.54) is 0 Å². The molecule has 0 aliphatic rings. The Kier molecular flexibility index (Phi) is 10.4. The van der Waals surface area contributed by atoms with E-state index < -0.39 is 0 Å². The van der Waals surface area contributed by atoms with E-state index in [2.05, 4.69) is 46.4 Å². The van der Waals surface area contributed by atoms with Crippen LogP contribution in [0.15, 0.2) is 146 Å². The van der Waals surface area contributed by atoms with E-state index in [4.69, 9.17) is 0 Å². The molecule has 2 aromatic heterocycles. The average molecular weight is 688 g/mol. The number of hydrogen-bond donors (Lipinski definition) is 2. The quantitative estimate of drug-likeness (QED) is 0.180. The fraction of sp³-hybridized carbons (Fsp3) is 0. The van der Waals surface area contributed by atoms with Crippen molar-refractivity contribution < 1.29 is 29.7 Å². The monoisotopic (exact) mass is 686 g/mol. The van der Waals surface area contributed by atoms with Gasteiger partial charge < -0.3 is 16.4 Å². The number of aromatic nitrogens is 2. The molecule has 0 unspecified atom stereocenters. The normalized spacial score (nSPS) is 10.4. The molecule has 6 aromatic carbocycles. The van der Waals surface area contributed by atoms with Gasteiger partial charge in [0.15, 0.2) is 0 Å². The molecule has 0 spiro atoms. The van der Waals surface area contributed by atoms with Crippen molar-refractivity contribution in [3.8, 4) is 54.9 Å². The molecule has 0 saturated heterocycles. The zero-order chi connectivity index (χ0) is 29.9. The number of nitrogens with zero attached hydrogens (tertiary/aromatic N) is 2. The molecule has 2 heterocycles. The molecule has 5 nitrogen and oxygen atoms in total. The van der Waals surface area contributed by atoms with Crippen LogP contribution < -0.4 is 0 Å². The van der Waals surface area contributed by atoms with E-state index in [1.54, 1.807) is 34.8 Å². The van der Waals surface area contributed by atoms with Crippen molar-refractivity contribution >= 4 is 43.1 Å². The molecule has 0 atom stereocenters. The summed E-state index contributed by atoms with van der Waals surface area (Å²) in [6, 6.07) is 47.7. The third-order valence-corrected chi connectivity index (χ3v) is 9.40. The summed E-state index contributed by atoms with van der Waals surface area (Å²) in [4.78, 5) is 9.27. The molecule has 222 valence electrons. The van der Waals surface area contributed by atoms with Gasteiger partial charge in [0.05, 0.1) is 31.6 Å². The first kappa shape index (κ1) is 32.7. The van der Waals surface area contributed by atoms with Crippen LogP contribution in [-0.2, 0) is 19.5 Å². The Morgan fingerprint density at radius 1 is 0.413 bits per heavy atom. The van der Waals surface area contributed by atoms with E-state index in [1.807, 2.05) is 97.1 Å². The van der Waals surface area contributed by atoms with Gasteiger partial charge in [0, 0.05) is 19.5 Å². The second kappa shape index (κ2) is 14.6. The van der Waals surface area contributed by atoms with Gasteiger partial charge in [-0.1, -0.05) is 97.1 Å². The SMILES string of the molecule is Oc1ccc(-c2ccccc2)cc1-c1nc2ccccc2s1.Oc1ccc(-c2ccccc2)cc1-c1nc2ccccc2s1.[NH2-].[Zn]. The Morgan fingerprint density at radius 2 is 0.783 bits per heavy atom. The summed E-state index contributed by atoms with van der Waals surface area (Å²) in [6.07, 6.45) is 0. The van der Waals surface area contributed by atoms with Gasteiger partial charge in [0.1, 0.15) is 21.5 Å². The summed E-state index contributed by atoms with van der Waals surface area (Å²) in [5.41, 5.74) is 7.90. The largest absolute Gasteiger partial charge is 0.693 e. The number of benzene rings is 6. The maximum atomic E-state index is 10.2. The Morgan fingerprint density at radius 3 is 1.17 bits per heavy atom. The standard InChI is InChI=1S/2C19H13NOS.H2N.Zn/c2*21-17-11-10-14(13-6-2-1-3-7-13)12-15(17)19-20-16-8-4-5-9-18(16)22-19;;/h2*1-12,21H;1H2;/q;;-1;. The number of hydrogen-bond acceptors (Lipinski definition) is 6. The molecule has 8 heteroatoms. The van der Waals surface area contributed by atoms with Crippen molar-refractivity contribution in [2.75, 3.05) is 0 Å². The first-order chi connectivity index (χ1) is 21.6. The number of phenolic OH excluding ortho intramolecular Hbond substituents is 2. The van der Waals surface area contributed by atoms with Gasteiger partial charge >= 0.3 is 0 Å². The van der Waals surface area contributed by atoms with Gasteiger partial charge in [-0.25, -0.2) is 9.97 Å². The van der Waals surface area contributed by atoms with Crippen molar-refractivity contribution in [2.45, 2.75) is 0 Å².